The van der Waals surface area contributed by atoms with Crippen molar-refractivity contribution in [3.05, 3.63) is 64.1 Å². The van der Waals surface area contributed by atoms with Crippen LogP contribution in [0.1, 0.15) is 36.4 Å². The molecule has 0 bridgehead atoms. The lowest BCUT2D eigenvalue weighted by Crippen LogP contribution is -2.33. The lowest BCUT2D eigenvalue weighted by molar-refractivity contribution is -0.141. The number of carbonyl (C=O) groups excluding carboxylic acids is 3. The summed E-state index contributed by atoms with van der Waals surface area (Å²) in [4.78, 5) is 36.7. The Kier molecular flexibility index (Phi) is 7.04. The van der Waals surface area contributed by atoms with E-state index in [1.807, 2.05) is 48.5 Å². The van der Waals surface area contributed by atoms with Crippen LogP contribution in [-0.4, -0.2) is 24.9 Å². The minimum atomic E-state index is -0.492. The van der Waals surface area contributed by atoms with Gasteiger partial charge in [0, 0.05) is 22.5 Å². The van der Waals surface area contributed by atoms with E-state index < -0.39 is 12.0 Å². The first-order chi connectivity index (χ1) is 14.0. The van der Waals surface area contributed by atoms with Crippen LogP contribution in [0.3, 0.4) is 0 Å². The van der Waals surface area contributed by atoms with Gasteiger partial charge >= 0.3 is 5.97 Å². The number of esters is 1. The fraction of sp³-hybridized carbons (Fsp3) is 0.318. The summed E-state index contributed by atoms with van der Waals surface area (Å²) in [7, 11) is 1.32. The molecule has 2 unspecified atom stereocenters. The molecule has 6 nitrogen and oxygen atoms in total. The Labute approximate surface area is 178 Å². The molecule has 3 rings (SSSR count). The van der Waals surface area contributed by atoms with E-state index in [1.54, 1.807) is 0 Å². The molecule has 2 aromatic rings. The number of methoxy groups -OCH3 is 1. The molecular weight excluding hydrogens is 436 g/mol. The first-order valence-corrected chi connectivity index (χ1v) is 10.3. The fourth-order valence-corrected chi connectivity index (χ4v) is 3.86. The fourth-order valence-electron chi connectivity index (χ4n) is 3.44. The molecule has 0 saturated carbocycles. The second kappa shape index (κ2) is 9.69. The van der Waals surface area contributed by atoms with Crippen LogP contribution in [0.4, 0.5) is 5.69 Å². The zero-order chi connectivity index (χ0) is 20.8. The topological polar surface area (TPSA) is 84.5 Å². The van der Waals surface area contributed by atoms with Gasteiger partial charge in [0.15, 0.2) is 0 Å². The summed E-state index contributed by atoms with van der Waals surface area (Å²) in [6, 6.07) is 14.6. The third kappa shape index (κ3) is 5.67. The van der Waals surface area contributed by atoms with Gasteiger partial charge in [-0.15, -0.1) is 0 Å². The molecule has 2 aromatic carbocycles. The quantitative estimate of drug-likeness (QED) is 0.618. The Morgan fingerprint density at radius 2 is 2.03 bits per heavy atom. The first kappa shape index (κ1) is 21.0. The first-order valence-electron chi connectivity index (χ1n) is 9.46. The van der Waals surface area contributed by atoms with Crippen molar-refractivity contribution >= 4 is 39.4 Å². The third-order valence-electron chi connectivity index (χ3n) is 5.02. The standard InChI is InChI=1S/C22H23BrN2O4/c1-29-21(27)13-19(15-6-4-7-17(23)12-15)24-20(26)10-9-16-11-14-5-2-3-8-18(14)25-22(16)28/h2-8,12,16,19H,9-11,13H2,1H3,(H,24,26)(H,25,28). The Morgan fingerprint density at radius 3 is 2.79 bits per heavy atom. The predicted molar refractivity (Wildman–Crippen MR) is 113 cm³/mol. The minimum absolute atomic E-state index is 0.0377. The molecule has 0 fully saturated rings. The van der Waals surface area contributed by atoms with Gasteiger partial charge in [-0.1, -0.05) is 46.3 Å². The highest BCUT2D eigenvalue weighted by Crippen LogP contribution is 2.28. The van der Waals surface area contributed by atoms with E-state index in [9.17, 15) is 14.4 Å². The molecule has 0 aromatic heterocycles. The van der Waals surface area contributed by atoms with Crippen LogP contribution in [-0.2, 0) is 25.5 Å². The van der Waals surface area contributed by atoms with E-state index in [4.69, 9.17) is 4.74 Å². The average molecular weight is 459 g/mol. The molecule has 0 spiro atoms. The summed E-state index contributed by atoms with van der Waals surface area (Å²) in [5.74, 6) is -0.917. The highest BCUT2D eigenvalue weighted by Gasteiger charge is 2.27. The van der Waals surface area contributed by atoms with Crippen LogP contribution in [0.15, 0.2) is 53.0 Å². The molecule has 1 heterocycles. The number of rotatable bonds is 7. The lowest BCUT2D eigenvalue weighted by atomic mass is 9.89. The van der Waals surface area contributed by atoms with Crippen molar-refractivity contribution in [1.29, 1.82) is 0 Å². The molecule has 2 atom stereocenters. The largest absolute Gasteiger partial charge is 0.469 e. The van der Waals surface area contributed by atoms with Gasteiger partial charge in [0.25, 0.3) is 0 Å². The van der Waals surface area contributed by atoms with Crippen molar-refractivity contribution in [3.63, 3.8) is 0 Å². The van der Waals surface area contributed by atoms with Gasteiger partial charge in [0.1, 0.15) is 0 Å². The summed E-state index contributed by atoms with van der Waals surface area (Å²) in [6.45, 7) is 0. The second-order valence-electron chi connectivity index (χ2n) is 7.04. The van der Waals surface area contributed by atoms with Crippen molar-refractivity contribution in [2.45, 2.75) is 31.7 Å². The summed E-state index contributed by atoms with van der Waals surface area (Å²) in [5.41, 5.74) is 2.73. The molecule has 2 N–H and O–H groups in total. The highest BCUT2D eigenvalue weighted by molar-refractivity contribution is 9.10. The summed E-state index contributed by atoms with van der Waals surface area (Å²) in [5, 5.41) is 5.81. The van der Waals surface area contributed by atoms with Gasteiger partial charge in [0.2, 0.25) is 11.8 Å². The summed E-state index contributed by atoms with van der Waals surface area (Å²) in [6.07, 6.45) is 1.30. The monoisotopic (exact) mass is 458 g/mol. The van der Waals surface area contributed by atoms with Gasteiger partial charge in [-0.25, -0.2) is 0 Å². The minimum Gasteiger partial charge on any atom is -0.469 e. The van der Waals surface area contributed by atoms with E-state index in [2.05, 4.69) is 26.6 Å². The van der Waals surface area contributed by atoms with Gasteiger partial charge in [-0.2, -0.15) is 0 Å². The number of para-hydroxylation sites is 1. The van der Waals surface area contributed by atoms with E-state index in [0.717, 1.165) is 21.3 Å². The van der Waals surface area contributed by atoms with Gasteiger partial charge in [-0.05, 0) is 42.2 Å². The smallest absolute Gasteiger partial charge is 0.307 e. The van der Waals surface area contributed by atoms with Crippen molar-refractivity contribution in [3.8, 4) is 0 Å². The van der Waals surface area contributed by atoms with Gasteiger partial charge < -0.3 is 15.4 Å². The number of ether oxygens (including phenoxy) is 1. The number of nitrogens with one attached hydrogen (secondary N) is 2. The van der Waals surface area contributed by atoms with Gasteiger partial charge in [0.05, 0.1) is 19.6 Å². The number of hydrogen-bond donors (Lipinski definition) is 2. The maximum Gasteiger partial charge on any atom is 0.307 e. The number of benzene rings is 2. The lowest BCUT2D eigenvalue weighted by Gasteiger charge is -2.25. The Morgan fingerprint density at radius 1 is 1.24 bits per heavy atom. The third-order valence-corrected chi connectivity index (χ3v) is 5.51. The van der Waals surface area contributed by atoms with E-state index >= 15 is 0 Å². The number of amides is 2. The molecule has 2 amide bonds. The van der Waals surface area contributed by atoms with Crippen LogP contribution < -0.4 is 10.6 Å². The van der Waals surface area contributed by atoms with E-state index in [1.165, 1.54) is 7.11 Å². The van der Waals surface area contributed by atoms with Crippen molar-refractivity contribution < 1.29 is 19.1 Å². The van der Waals surface area contributed by atoms with Crippen LogP contribution in [0.5, 0.6) is 0 Å². The Balaban J connectivity index is 1.61. The number of halogens is 1. The molecule has 1 aliphatic heterocycles. The van der Waals surface area contributed by atoms with Crippen LogP contribution in [0.25, 0.3) is 0 Å². The van der Waals surface area contributed by atoms with Crippen molar-refractivity contribution in [1.82, 2.24) is 5.32 Å². The van der Waals surface area contributed by atoms with Crippen LogP contribution in [0, 0.1) is 5.92 Å². The Bertz CT molecular complexity index is 915. The molecule has 0 radical (unpaired) electrons. The average Bonchev–Trinajstić information content (AvgIpc) is 2.71. The number of carbonyl (C=O) groups is 3. The highest BCUT2D eigenvalue weighted by atomic mass is 79.9. The molecule has 7 heteroatoms. The maximum atomic E-state index is 12.6. The second-order valence-corrected chi connectivity index (χ2v) is 7.96. The molecule has 0 aliphatic carbocycles. The summed E-state index contributed by atoms with van der Waals surface area (Å²) >= 11 is 3.41. The maximum absolute atomic E-state index is 12.6. The van der Waals surface area contributed by atoms with Crippen molar-refractivity contribution in [2.24, 2.45) is 5.92 Å². The number of hydrogen-bond acceptors (Lipinski definition) is 4. The van der Waals surface area contributed by atoms with E-state index in [0.29, 0.717) is 12.8 Å². The zero-order valence-corrected chi connectivity index (χ0v) is 17.7. The zero-order valence-electron chi connectivity index (χ0n) is 16.1. The van der Waals surface area contributed by atoms with E-state index in [-0.39, 0.29) is 30.6 Å². The molecule has 29 heavy (non-hydrogen) atoms. The molecule has 152 valence electrons. The molecule has 1 aliphatic rings. The van der Waals surface area contributed by atoms with Gasteiger partial charge in [-0.3, -0.25) is 14.4 Å². The summed E-state index contributed by atoms with van der Waals surface area (Å²) < 4.78 is 5.62. The van der Waals surface area contributed by atoms with Crippen LogP contribution in [0.2, 0.25) is 0 Å². The number of fused-ring (bicyclic) bond motifs is 1. The van der Waals surface area contributed by atoms with Crippen molar-refractivity contribution in [2.75, 3.05) is 12.4 Å². The molecule has 0 saturated heterocycles. The van der Waals surface area contributed by atoms with Crippen LogP contribution >= 0.6 is 15.9 Å². The number of anilines is 1. The molecular formula is C22H23BrN2O4. The Hall–Kier alpha value is -2.67. The predicted octanol–water partition coefficient (Wildman–Crippen LogP) is 3.76. The normalized spacial score (nSPS) is 16.3. The SMILES string of the molecule is COC(=O)CC(NC(=O)CCC1Cc2ccccc2NC1=O)c1cccc(Br)c1.